The number of benzene rings is 1. The summed E-state index contributed by atoms with van der Waals surface area (Å²) < 4.78 is 18.8. The van der Waals surface area contributed by atoms with Gasteiger partial charge in [-0.2, -0.15) is 0 Å². The Kier molecular flexibility index (Phi) is 3.61. The molecule has 0 aliphatic heterocycles. The van der Waals surface area contributed by atoms with Gasteiger partial charge in [-0.15, -0.1) is 0 Å². The number of nitrogens with one attached hydrogen (secondary N) is 1. The average Bonchev–Trinajstić information content (AvgIpc) is 2.77. The summed E-state index contributed by atoms with van der Waals surface area (Å²) in [7, 11) is 0. The second kappa shape index (κ2) is 5.18. The molecule has 94 valence electrons. The van der Waals surface area contributed by atoms with Crippen LogP contribution in [0, 0.1) is 5.82 Å². The zero-order chi connectivity index (χ0) is 13.1. The predicted octanol–water partition coefficient (Wildman–Crippen LogP) is 2.89. The SMILES string of the molecule is O=C(O)c1cc(CNc2c(F)cccc2Br)on1. The maximum atomic E-state index is 13.5. The lowest BCUT2D eigenvalue weighted by Gasteiger charge is -2.07. The van der Waals surface area contributed by atoms with Gasteiger partial charge in [-0.3, -0.25) is 0 Å². The van der Waals surface area contributed by atoms with Crippen molar-refractivity contribution < 1.29 is 18.8 Å². The topological polar surface area (TPSA) is 75.4 Å². The molecule has 0 saturated heterocycles. The number of nitrogens with zero attached hydrogens (tertiary/aromatic N) is 1. The third kappa shape index (κ3) is 2.67. The Morgan fingerprint density at radius 3 is 2.94 bits per heavy atom. The second-order valence-corrected chi connectivity index (χ2v) is 4.29. The predicted molar refractivity (Wildman–Crippen MR) is 64.9 cm³/mol. The first kappa shape index (κ1) is 12.6. The van der Waals surface area contributed by atoms with E-state index in [0.717, 1.165) is 0 Å². The summed E-state index contributed by atoms with van der Waals surface area (Å²) in [6, 6.07) is 5.86. The van der Waals surface area contributed by atoms with Crippen LogP contribution in [0.4, 0.5) is 10.1 Å². The third-order valence-electron chi connectivity index (χ3n) is 2.18. The van der Waals surface area contributed by atoms with Gasteiger partial charge in [-0.25, -0.2) is 9.18 Å². The molecule has 0 fully saturated rings. The number of para-hydroxylation sites is 1. The monoisotopic (exact) mass is 314 g/mol. The molecule has 0 aliphatic carbocycles. The largest absolute Gasteiger partial charge is 0.476 e. The van der Waals surface area contributed by atoms with E-state index in [2.05, 4.69) is 26.4 Å². The summed E-state index contributed by atoms with van der Waals surface area (Å²) in [6.45, 7) is 0.139. The van der Waals surface area contributed by atoms with Crippen LogP contribution in [0.2, 0.25) is 0 Å². The molecule has 0 unspecified atom stereocenters. The van der Waals surface area contributed by atoms with E-state index in [0.29, 0.717) is 10.2 Å². The summed E-state index contributed by atoms with van der Waals surface area (Å²) in [6.07, 6.45) is 0. The summed E-state index contributed by atoms with van der Waals surface area (Å²) in [5, 5.41) is 14.8. The van der Waals surface area contributed by atoms with Gasteiger partial charge in [0.1, 0.15) is 5.82 Å². The Hall–Kier alpha value is -1.89. The highest BCUT2D eigenvalue weighted by molar-refractivity contribution is 9.10. The van der Waals surface area contributed by atoms with E-state index in [1.807, 2.05) is 0 Å². The fourth-order valence-electron chi connectivity index (χ4n) is 1.34. The van der Waals surface area contributed by atoms with Crippen molar-refractivity contribution in [1.29, 1.82) is 0 Å². The number of aromatic carboxylic acids is 1. The minimum Gasteiger partial charge on any atom is -0.476 e. The number of carboxylic acid groups (broad SMARTS) is 1. The van der Waals surface area contributed by atoms with Gasteiger partial charge in [0.15, 0.2) is 11.5 Å². The van der Waals surface area contributed by atoms with Crippen LogP contribution in [0.25, 0.3) is 0 Å². The Morgan fingerprint density at radius 2 is 2.33 bits per heavy atom. The minimum absolute atomic E-state index is 0.139. The molecular weight excluding hydrogens is 307 g/mol. The summed E-state index contributed by atoms with van der Waals surface area (Å²) >= 11 is 3.21. The van der Waals surface area contributed by atoms with E-state index in [1.54, 1.807) is 12.1 Å². The fourth-order valence-corrected chi connectivity index (χ4v) is 1.82. The summed E-state index contributed by atoms with van der Waals surface area (Å²) in [4.78, 5) is 10.6. The van der Waals surface area contributed by atoms with Gasteiger partial charge in [0.25, 0.3) is 0 Å². The van der Waals surface area contributed by atoms with Crippen molar-refractivity contribution in [2.75, 3.05) is 5.32 Å². The molecule has 7 heteroatoms. The van der Waals surface area contributed by atoms with E-state index < -0.39 is 11.8 Å². The number of carboxylic acids is 1. The fraction of sp³-hybridized carbons (Fsp3) is 0.0909. The van der Waals surface area contributed by atoms with Crippen molar-refractivity contribution in [2.24, 2.45) is 0 Å². The van der Waals surface area contributed by atoms with Crippen molar-refractivity contribution in [1.82, 2.24) is 5.16 Å². The highest BCUT2D eigenvalue weighted by atomic mass is 79.9. The summed E-state index contributed by atoms with van der Waals surface area (Å²) in [5.41, 5.74) is 0.102. The quantitative estimate of drug-likeness (QED) is 0.907. The maximum Gasteiger partial charge on any atom is 0.358 e. The van der Waals surface area contributed by atoms with Crippen molar-refractivity contribution in [3.05, 3.63) is 46.0 Å². The number of rotatable bonds is 4. The molecule has 1 aromatic heterocycles. The van der Waals surface area contributed by atoms with Gasteiger partial charge >= 0.3 is 5.97 Å². The average molecular weight is 315 g/mol. The van der Waals surface area contributed by atoms with Gasteiger partial charge in [0, 0.05) is 10.5 Å². The Balaban J connectivity index is 2.09. The van der Waals surface area contributed by atoms with Crippen LogP contribution in [0.3, 0.4) is 0 Å². The smallest absolute Gasteiger partial charge is 0.358 e. The van der Waals surface area contributed by atoms with E-state index in [-0.39, 0.29) is 17.9 Å². The lowest BCUT2D eigenvalue weighted by atomic mass is 10.3. The molecule has 2 rings (SSSR count). The number of hydrogen-bond acceptors (Lipinski definition) is 4. The zero-order valence-electron chi connectivity index (χ0n) is 8.98. The van der Waals surface area contributed by atoms with Crippen molar-refractivity contribution >= 4 is 27.6 Å². The van der Waals surface area contributed by atoms with Crippen LogP contribution in [0.1, 0.15) is 16.2 Å². The van der Waals surface area contributed by atoms with Gasteiger partial charge in [-0.05, 0) is 28.1 Å². The molecule has 0 aliphatic rings. The van der Waals surface area contributed by atoms with E-state index >= 15 is 0 Å². The van der Waals surface area contributed by atoms with Gasteiger partial charge in [0.05, 0.1) is 12.2 Å². The Labute approximate surface area is 110 Å². The van der Waals surface area contributed by atoms with Gasteiger partial charge < -0.3 is 14.9 Å². The van der Waals surface area contributed by atoms with E-state index in [4.69, 9.17) is 9.63 Å². The number of carbonyl (C=O) groups is 1. The molecule has 0 bridgehead atoms. The second-order valence-electron chi connectivity index (χ2n) is 3.43. The van der Waals surface area contributed by atoms with Crippen LogP contribution in [0.15, 0.2) is 33.3 Å². The maximum absolute atomic E-state index is 13.5. The van der Waals surface area contributed by atoms with Crippen molar-refractivity contribution in [3.8, 4) is 0 Å². The Morgan fingerprint density at radius 1 is 1.56 bits per heavy atom. The summed E-state index contributed by atoms with van der Waals surface area (Å²) in [5.74, 6) is -1.28. The molecule has 2 aromatic rings. The van der Waals surface area contributed by atoms with Crippen LogP contribution in [-0.4, -0.2) is 16.2 Å². The molecule has 0 amide bonds. The number of aromatic nitrogens is 1. The zero-order valence-corrected chi connectivity index (χ0v) is 10.6. The minimum atomic E-state index is -1.17. The third-order valence-corrected chi connectivity index (χ3v) is 2.84. The van der Waals surface area contributed by atoms with E-state index in [1.165, 1.54) is 12.1 Å². The molecule has 5 nitrogen and oxygen atoms in total. The highest BCUT2D eigenvalue weighted by Gasteiger charge is 2.12. The normalized spacial score (nSPS) is 10.3. The number of hydrogen-bond donors (Lipinski definition) is 2. The highest BCUT2D eigenvalue weighted by Crippen LogP contribution is 2.25. The van der Waals surface area contributed by atoms with Crippen LogP contribution in [0.5, 0.6) is 0 Å². The number of halogens is 2. The van der Waals surface area contributed by atoms with E-state index in [9.17, 15) is 9.18 Å². The molecule has 2 N–H and O–H groups in total. The molecule has 1 heterocycles. The molecule has 0 spiro atoms. The van der Waals surface area contributed by atoms with Gasteiger partial charge in [0.2, 0.25) is 0 Å². The molecule has 0 atom stereocenters. The van der Waals surface area contributed by atoms with Crippen LogP contribution >= 0.6 is 15.9 Å². The van der Waals surface area contributed by atoms with Crippen molar-refractivity contribution in [2.45, 2.75) is 6.54 Å². The number of anilines is 1. The first-order valence-corrected chi connectivity index (χ1v) is 5.74. The van der Waals surface area contributed by atoms with Crippen LogP contribution < -0.4 is 5.32 Å². The first-order valence-electron chi connectivity index (χ1n) is 4.94. The lowest BCUT2D eigenvalue weighted by Crippen LogP contribution is -2.01. The first-order chi connectivity index (χ1) is 8.58. The standard InChI is InChI=1S/C11H8BrFN2O3/c12-7-2-1-3-8(13)10(7)14-5-6-4-9(11(16)17)15-18-6/h1-4,14H,5H2,(H,16,17). The Bertz CT molecular complexity index is 565. The molecule has 0 radical (unpaired) electrons. The van der Waals surface area contributed by atoms with Crippen molar-refractivity contribution in [3.63, 3.8) is 0 Å². The lowest BCUT2D eigenvalue weighted by molar-refractivity contribution is 0.0685. The molecular formula is C11H8BrFN2O3. The molecule has 0 saturated carbocycles. The van der Waals surface area contributed by atoms with Gasteiger partial charge in [-0.1, -0.05) is 11.2 Å². The molecule has 1 aromatic carbocycles. The van der Waals surface area contributed by atoms with Crippen LogP contribution in [-0.2, 0) is 6.54 Å². The molecule has 18 heavy (non-hydrogen) atoms.